The van der Waals surface area contributed by atoms with Crippen LogP contribution >= 0.6 is 38.9 Å². The second-order valence-corrected chi connectivity index (χ2v) is 7.37. The zero-order valence-electron chi connectivity index (χ0n) is 12.8. The van der Waals surface area contributed by atoms with Gasteiger partial charge in [-0.05, 0) is 30.3 Å². The number of halogens is 2. The minimum absolute atomic E-state index is 0.287. The van der Waals surface area contributed by atoms with E-state index >= 15 is 0 Å². The van der Waals surface area contributed by atoms with E-state index in [9.17, 15) is 4.79 Å². The molecule has 3 rings (SSSR count). The van der Waals surface area contributed by atoms with Crippen LogP contribution in [0.5, 0.6) is 0 Å². The molecular weight excluding hydrogens is 412 g/mol. The van der Waals surface area contributed by atoms with Gasteiger partial charge >= 0.3 is 0 Å². The highest BCUT2D eigenvalue weighted by Crippen LogP contribution is 2.25. The predicted octanol–water partition coefficient (Wildman–Crippen LogP) is 4.51. The topological polar surface area (TPSA) is 43.6 Å². The van der Waals surface area contributed by atoms with Gasteiger partial charge in [0, 0.05) is 23.7 Å². The maximum atomic E-state index is 12.5. The summed E-state index contributed by atoms with van der Waals surface area (Å²) >= 11 is 11.2. The Morgan fingerprint density at radius 3 is 2.88 bits per heavy atom. The average Bonchev–Trinajstić information content (AvgIpc) is 2.91. The van der Waals surface area contributed by atoms with Crippen LogP contribution in [0.4, 0.5) is 0 Å². The fourth-order valence-corrected chi connectivity index (χ4v) is 4.15. The Labute approximate surface area is 156 Å². The van der Waals surface area contributed by atoms with Crippen molar-refractivity contribution in [2.24, 2.45) is 4.99 Å². The lowest BCUT2D eigenvalue weighted by molar-refractivity contribution is 0.0997. The number of fused-ring (bicyclic) bond motifs is 1. The molecule has 0 saturated carbocycles. The Balaban J connectivity index is 2.14. The molecule has 1 heterocycles. The molecule has 3 aromatic rings. The number of carbonyl (C=O) groups is 1. The summed E-state index contributed by atoms with van der Waals surface area (Å²) < 4.78 is 8.93. The van der Waals surface area contributed by atoms with Gasteiger partial charge in [0.1, 0.15) is 0 Å². The number of rotatable bonds is 4. The zero-order valence-corrected chi connectivity index (χ0v) is 16.0. The SMILES string of the molecule is COCCn1c(=NC(=O)c2cccc(Br)c2)sc2cccc(Cl)c21. The van der Waals surface area contributed by atoms with E-state index in [1.54, 1.807) is 19.2 Å². The van der Waals surface area contributed by atoms with Gasteiger partial charge in [0.25, 0.3) is 5.91 Å². The van der Waals surface area contributed by atoms with Gasteiger partial charge < -0.3 is 9.30 Å². The van der Waals surface area contributed by atoms with Crippen molar-refractivity contribution in [3.8, 4) is 0 Å². The summed E-state index contributed by atoms with van der Waals surface area (Å²) in [5.41, 5.74) is 1.41. The first-order valence-corrected chi connectivity index (χ1v) is 9.20. The molecule has 0 unspecified atom stereocenters. The van der Waals surface area contributed by atoms with Gasteiger partial charge in [0.15, 0.2) is 4.80 Å². The molecule has 0 atom stereocenters. The number of hydrogen-bond donors (Lipinski definition) is 0. The number of aromatic nitrogens is 1. The van der Waals surface area contributed by atoms with Crippen LogP contribution < -0.4 is 4.80 Å². The van der Waals surface area contributed by atoms with Crippen molar-refractivity contribution in [3.63, 3.8) is 0 Å². The first-order chi connectivity index (χ1) is 11.6. The predicted molar refractivity (Wildman–Crippen MR) is 101 cm³/mol. The minimum Gasteiger partial charge on any atom is -0.383 e. The minimum atomic E-state index is -0.287. The highest BCUT2D eigenvalue weighted by atomic mass is 79.9. The maximum Gasteiger partial charge on any atom is 0.279 e. The van der Waals surface area contributed by atoms with Crippen LogP contribution in [0.25, 0.3) is 10.2 Å². The third kappa shape index (κ3) is 3.62. The van der Waals surface area contributed by atoms with E-state index in [-0.39, 0.29) is 5.91 Å². The zero-order chi connectivity index (χ0) is 17.1. The van der Waals surface area contributed by atoms with Crippen molar-refractivity contribution >= 4 is 55.0 Å². The third-order valence-corrected chi connectivity index (χ3v) is 5.28. The van der Waals surface area contributed by atoms with Crippen LogP contribution in [0.2, 0.25) is 5.02 Å². The maximum absolute atomic E-state index is 12.5. The van der Waals surface area contributed by atoms with E-state index in [0.29, 0.717) is 28.5 Å². The van der Waals surface area contributed by atoms with Crippen LogP contribution in [0.1, 0.15) is 10.4 Å². The van der Waals surface area contributed by atoms with Gasteiger partial charge in [-0.1, -0.05) is 51.0 Å². The second kappa shape index (κ2) is 7.61. The monoisotopic (exact) mass is 424 g/mol. The molecule has 1 aromatic heterocycles. The number of nitrogens with zero attached hydrogens (tertiary/aromatic N) is 2. The molecule has 0 aliphatic carbocycles. The summed E-state index contributed by atoms with van der Waals surface area (Å²) in [7, 11) is 1.64. The summed E-state index contributed by atoms with van der Waals surface area (Å²) in [6, 6.07) is 12.9. The third-order valence-electron chi connectivity index (χ3n) is 3.44. The summed E-state index contributed by atoms with van der Waals surface area (Å²) in [6.07, 6.45) is 0. The van der Waals surface area contributed by atoms with Gasteiger partial charge in [0.05, 0.1) is 21.8 Å². The largest absolute Gasteiger partial charge is 0.383 e. The Morgan fingerprint density at radius 1 is 1.33 bits per heavy atom. The summed E-state index contributed by atoms with van der Waals surface area (Å²) in [6.45, 7) is 1.08. The van der Waals surface area contributed by atoms with E-state index < -0.39 is 0 Å². The molecule has 0 saturated heterocycles. The van der Waals surface area contributed by atoms with Gasteiger partial charge in [-0.25, -0.2) is 0 Å². The van der Waals surface area contributed by atoms with E-state index in [1.807, 2.05) is 34.9 Å². The number of thiazole rings is 1. The first kappa shape index (κ1) is 17.4. The molecule has 4 nitrogen and oxygen atoms in total. The summed E-state index contributed by atoms with van der Waals surface area (Å²) in [5.74, 6) is -0.287. The van der Waals surface area contributed by atoms with Crippen molar-refractivity contribution in [3.05, 3.63) is 62.3 Å². The lowest BCUT2D eigenvalue weighted by atomic mass is 10.2. The molecule has 1 amide bonds. The fraction of sp³-hybridized carbons (Fsp3) is 0.176. The smallest absolute Gasteiger partial charge is 0.279 e. The van der Waals surface area contributed by atoms with E-state index in [1.165, 1.54) is 11.3 Å². The Morgan fingerprint density at radius 2 is 2.12 bits per heavy atom. The fourth-order valence-electron chi connectivity index (χ4n) is 2.34. The van der Waals surface area contributed by atoms with Crippen molar-refractivity contribution in [2.45, 2.75) is 6.54 Å². The molecule has 124 valence electrons. The molecule has 0 radical (unpaired) electrons. The molecule has 0 N–H and O–H groups in total. The number of hydrogen-bond acceptors (Lipinski definition) is 3. The van der Waals surface area contributed by atoms with Crippen LogP contribution in [0.3, 0.4) is 0 Å². The molecule has 0 fully saturated rings. The number of ether oxygens (including phenoxy) is 1. The van der Waals surface area contributed by atoms with Crippen LogP contribution in [-0.2, 0) is 11.3 Å². The van der Waals surface area contributed by atoms with Crippen molar-refractivity contribution in [1.29, 1.82) is 0 Å². The van der Waals surface area contributed by atoms with Gasteiger partial charge in [-0.3, -0.25) is 4.79 Å². The number of benzene rings is 2. The van der Waals surface area contributed by atoms with E-state index in [0.717, 1.165) is 14.7 Å². The molecule has 0 bridgehead atoms. The lowest BCUT2D eigenvalue weighted by Crippen LogP contribution is -2.19. The Kier molecular flexibility index (Phi) is 5.50. The highest BCUT2D eigenvalue weighted by molar-refractivity contribution is 9.10. The molecular formula is C17H14BrClN2O2S. The van der Waals surface area contributed by atoms with Gasteiger partial charge in [-0.2, -0.15) is 4.99 Å². The molecule has 0 spiro atoms. The molecule has 7 heteroatoms. The standard InChI is InChI=1S/C17H14BrClN2O2S/c1-23-9-8-21-15-13(19)6-3-7-14(15)24-17(21)20-16(22)11-4-2-5-12(18)10-11/h2-7,10H,8-9H2,1H3. The first-order valence-electron chi connectivity index (χ1n) is 7.21. The quantitative estimate of drug-likeness (QED) is 0.617. The number of para-hydroxylation sites is 1. The molecule has 2 aromatic carbocycles. The molecule has 24 heavy (non-hydrogen) atoms. The van der Waals surface area contributed by atoms with Gasteiger partial charge in [0.2, 0.25) is 0 Å². The normalized spacial score (nSPS) is 12.0. The Bertz CT molecular complexity index is 965. The number of amides is 1. The van der Waals surface area contributed by atoms with Crippen molar-refractivity contribution in [1.82, 2.24) is 4.57 Å². The van der Waals surface area contributed by atoms with Crippen LogP contribution in [0.15, 0.2) is 51.9 Å². The van der Waals surface area contributed by atoms with Crippen molar-refractivity contribution < 1.29 is 9.53 Å². The van der Waals surface area contributed by atoms with Crippen LogP contribution in [0, 0.1) is 0 Å². The molecule has 0 aliphatic heterocycles. The summed E-state index contributed by atoms with van der Waals surface area (Å²) in [5, 5.41) is 0.635. The molecule has 0 aliphatic rings. The Hall–Kier alpha value is -1.47. The van der Waals surface area contributed by atoms with E-state index in [2.05, 4.69) is 20.9 Å². The average molecular weight is 426 g/mol. The number of carbonyl (C=O) groups excluding carboxylic acids is 1. The number of methoxy groups -OCH3 is 1. The van der Waals surface area contributed by atoms with Crippen LogP contribution in [-0.4, -0.2) is 24.2 Å². The van der Waals surface area contributed by atoms with E-state index in [4.69, 9.17) is 16.3 Å². The second-order valence-electron chi connectivity index (χ2n) is 5.04. The van der Waals surface area contributed by atoms with Gasteiger partial charge in [-0.15, -0.1) is 0 Å². The lowest BCUT2D eigenvalue weighted by Gasteiger charge is -2.05. The summed E-state index contributed by atoms with van der Waals surface area (Å²) in [4.78, 5) is 17.4. The highest BCUT2D eigenvalue weighted by Gasteiger charge is 2.11. The van der Waals surface area contributed by atoms with Crippen molar-refractivity contribution in [2.75, 3.05) is 13.7 Å².